The van der Waals surface area contributed by atoms with Crippen LogP contribution in [0.5, 0.6) is 11.5 Å². The lowest BCUT2D eigenvalue weighted by Gasteiger charge is -2.26. The number of nitrogens with one attached hydrogen (secondary N) is 1. The number of hydrogen-bond donors (Lipinski definition) is 2. The highest BCUT2D eigenvalue weighted by Gasteiger charge is 2.36. The Bertz CT molecular complexity index is 1520. The van der Waals surface area contributed by atoms with Gasteiger partial charge in [-0.15, -0.1) is 0 Å². The van der Waals surface area contributed by atoms with Gasteiger partial charge in [0.15, 0.2) is 0 Å². The highest BCUT2D eigenvalue weighted by Crippen LogP contribution is 2.26. The van der Waals surface area contributed by atoms with Crippen LogP contribution in [0, 0.1) is 6.92 Å². The monoisotopic (exact) mass is 478 g/mol. The Kier molecular flexibility index (Phi) is 5.96. The van der Waals surface area contributed by atoms with Crippen molar-refractivity contribution in [2.24, 2.45) is 0 Å². The summed E-state index contributed by atoms with van der Waals surface area (Å²) in [5.74, 6) is -0.883. The van der Waals surface area contributed by atoms with Gasteiger partial charge in [-0.1, -0.05) is 48.5 Å². The van der Waals surface area contributed by atoms with Gasteiger partial charge in [-0.3, -0.25) is 14.9 Å². The van der Waals surface area contributed by atoms with E-state index < -0.39 is 17.8 Å². The molecule has 1 fully saturated rings. The lowest BCUT2D eigenvalue weighted by atomic mass is 10.0. The maximum absolute atomic E-state index is 13.0. The molecule has 0 unspecified atom stereocenters. The van der Waals surface area contributed by atoms with Crippen LogP contribution >= 0.6 is 0 Å². The number of aromatic hydroxyl groups is 1. The molecule has 178 valence electrons. The van der Waals surface area contributed by atoms with E-state index in [1.165, 1.54) is 30.3 Å². The number of carbonyl (C=O) groups excluding carboxylic acids is 3. The van der Waals surface area contributed by atoms with E-state index in [-0.39, 0.29) is 17.0 Å². The first-order valence-corrected chi connectivity index (χ1v) is 11.3. The summed E-state index contributed by atoms with van der Waals surface area (Å²) < 4.78 is 6.03. The SMILES string of the molecule is Cc1ccc2ccccc2c1COc1ccc(/C=C2\C(=O)NC(=O)N(c3ccc(O)cc3)C2=O)cc1. The van der Waals surface area contributed by atoms with Crippen molar-refractivity contribution < 1.29 is 24.2 Å². The van der Waals surface area contributed by atoms with Gasteiger partial charge in [-0.25, -0.2) is 9.69 Å². The van der Waals surface area contributed by atoms with Crippen LogP contribution in [-0.4, -0.2) is 23.0 Å². The number of benzene rings is 4. The number of fused-ring (bicyclic) bond motifs is 1. The van der Waals surface area contributed by atoms with E-state index in [0.717, 1.165) is 26.8 Å². The van der Waals surface area contributed by atoms with Crippen molar-refractivity contribution in [1.29, 1.82) is 0 Å². The maximum atomic E-state index is 13.0. The Hall–Kier alpha value is -4.91. The van der Waals surface area contributed by atoms with Crippen LogP contribution < -0.4 is 15.0 Å². The molecule has 7 heteroatoms. The molecule has 36 heavy (non-hydrogen) atoms. The highest BCUT2D eigenvalue weighted by molar-refractivity contribution is 6.39. The summed E-state index contributed by atoms with van der Waals surface area (Å²) in [4.78, 5) is 38.6. The fourth-order valence-corrected chi connectivity index (χ4v) is 4.11. The van der Waals surface area contributed by atoms with Crippen LogP contribution in [0.15, 0.2) is 90.5 Å². The summed E-state index contributed by atoms with van der Waals surface area (Å²) in [5, 5.41) is 14.0. The first kappa shape index (κ1) is 22.9. The standard InChI is InChI=1S/C29H22N2O5/c1-18-6-9-20-4-2-3-5-24(20)26(18)17-36-23-14-7-19(8-15-23)16-25-27(33)30-29(35)31(28(25)34)21-10-12-22(32)13-11-21/h2-16,32H,17H2,1H3,(H,30,33,35)/b25-16+. The quantitative estimate of drug-likeness (QED) is 0.307. The van der Waals surface area contributed by atoms with Gasteiger partial charge in [-0.2, -0.15) is 0 Å². The van der Waals surface area contributed by atoms with Crippen LogP contribution in [0.4, 0.5) is 10.5 Å². The van der Waals surface area contributed by atoms with Crippen LogP contribution in [0.2, 0.25) is 0 Å². The second-order valence-electron chi connectivity index (χ2n) is 8.41. The molecule has 1 heterocycles. The van der Waals surface area contributed by atoms with Crippen molar-refractivity contribution in [3.8, 4) is 11.5 Å². The molecule has 4 aromatic carbocycles. The van der Waals surface area contributed by atoms with E-state index in [2.05, 4.69) is 36.5 Å². The Balaban J connectivity index is 1.35. The third kappa shape index (κ3) is 4.42. The lowest BCUT2D eigenvalue weighted by Crippen LogP contribution is -2.54. The smallest absolute Gasteiger partial charge is 0.335 e. The third-order valence-corrected chi connectivity index (χ3v) is 6.06. The van der Waals surface area contributed by atoms with Gasteiger partial charge in [-0.05, 0) is 71.3 Å². The van der Waals surface area contributed by atoms with Gasteiger partial charge in [0.1, 0.15) is 23.7 Å². The number of phenols is 1. The van der Waals surface area contributed by atoms with E-state index in [4.69, 9.17) is 4.74 Å². The normalized spacial score (nSPS) is 14.9. The molecular formula is C29H22N2O5. The highest BCUT2D eigenvalue weighted by atomic mass is 16.5. The molecule has 4 aromatic rings. The maximum Gasteiger partial charge on any atom is 0.335 e. The summed E-state index contributed by atoms with van der Waals surface area (Å²) in [6.07, 6.45) is 1.43. The summed E-state index contributed by atoms with van der Waals surface area (Å²) in [5.41, 5.74) is 2.92. The zero-order chi connectivity index (χ0) is 25.2. The number of hydrogen-bond acceptors (Lipinski definition) is 5. The molecule has 2 N–H and O–H groups in total. The first-order valence-electron chi connectivity index (χ1n) is 11.3. The van der Waals surface area contributed by atoms with Crippen molar-refractivity contribution in [1.82, 2.24) is 5.32 Å². The number of anilines is 1. The fourth-order valence-electron chi connectivity index (χ4n) is 4.11. The van der Waals surface area contributed by atoms with E-state index in [1.54, 1.807) is 24.3 Å². The van der Waals surface area contributed by atoms with Gasteiger partial charge in [0.25, 0.3) is 11.8 Å². The number of nitrogens with zero attached hydrogens (tertiary/aromatic N) is 1. The van der Waals surface area contributed by atoms with Crippen molar-refractivity contribution in [2.75, 3.05) is 4.90 Å². The van der Waals surface area contributed by atoms with Gasteiger partial charge in [0.2, 0.25) is 0 Å². The molecule has 7 nitrogen and oxygen atoms in total. The van der Waals surface area contributed by atoms with Gasteiger partial charge >= 0.3 is 6.03 Å². The number of rotatable bonds is 5. The van der Waals surface area contributed by atoms with Gasteiger partial charge in [0.05, 0.1) is 5.69 Å². The van der Waals surface area contributed by atoms with Crippen molar-refractivity contribution >= 4 is 40.4 Å². The summed E-state index contributed by atoms with van der Waals surface area (Å²) >= 11 is 0. The molecule has 0 aliphatic carbocycles. The van der Waals surface area contributed by atoms with Gasteiger partial charge in [0, 0.05) is 5.56 Å². The number of imide groups is 2. The molecule has 4 amide bonds. The number of phenolic OH excluding ortho intramolecular Hbond substituents is 1. The van der Waals surface area contributed by atoms with E-state index in [9.17, 15) is 19.5 Å². The topological polar surface area (TPSA) is 95.9 Å². The number of aryl methyl sites for hydroxylation is 1. The number of urea groups is 1. The predicted molar refractivity (Wildman–Crippen MR) is 137 cm³/mol. The van der Waals surface area contributed by atoms with Crippen LogP contribution in [-0.2, 0) is 16.2 Å². The summed E-state index contributed by atoms with van der Waals surface area (Å²) in [6, 6.07) is 24.0. The zero-order valence-electron chi connectivity index (χ0n) is 19.4. The van der Waals surface area contributed by atoms with E-state index in [1.807, 2.05) is 12.1 Å². The predicted octanol–water partition coefficient (Wildman–Crippen LogP) is 5.10. The van der Waals surface area contributed by atoms with Crippen LogP contribution in [0.25, 0.3) is 16.8 Å². The molecule has 0 aromatic heterocycles. The molecule has 0 bridgehead atoms. The Morgan fingerprint density at radius 1 is 0.889 bits per heavy atom. The molecular weight excluding hydrogens is 456 g/mol. The number of carbonyl (C=O) groups is 3. The summed E-state index contributed by atoms with van der Waals surface area (Å²) in [6.45, 7) is 2.46. The average molecular weight is 479 g/mol. The minimum Gasteiger partial charge on any atom is -0.508 e. The molecule has 5 rings (SSSR count). The van der Waals surface area contributed by atoms with Crippen molar-refractivity contribution in [3.05, 3.63) is 107 Å². The van der Waals surface area contributed by atoms with E-state index in [0.29, 0.717) is 17.9 Å². The Morgan fingerprint density at radius 2 is 1.61 bits per heavy atom. The average Bonchev–Trinajstić information content (AvgIpc) is 2.88. The molecule has 1 aliphatic rings. The number of barbiturate groups is 1. The minimum absolute atomic E-state index is 0.00613. The Labute approximate surface area is 207 Å². The number of amides is 4. The molecule has 0 radical (unpaired) electrons. The summed E-state index contributed by atoms with van der Waals surface area (Å²) in [7, 11) is 0. The molecule has 1 saturated heterocycles. The molecule has 0 spiro atoms. The molecule has 0 saturated carbocycles. The second kappa shape index (κ2) is 9.38. The minimum atomic E-state index is -0.847. The van der Waals surface area contributed by atoms with Crippen LogP contribution in [0.3, 0.4) is 0 Å². The first-order chi connectivity index (χ1) is 17.4. The molecule has 1 aliphatic heterocycles. The lowest BCUT2D eigenvalue weighted by molar-refractivity contribution is -0.122. The third-order valence-electron chi connectivity index (χ3n) is 6.06. The second-order valence-corrected chi connectivity index (χ2v) is 8.41. The molecule has 0 atom stereocenters. The largest absolute Gasteiger partial charge is 0.508 e. The number of ether oxygens (including phenoxy) is 1. The van der Waals surface area contributed by atoms with Crippen LogP contribution in [0.1, 0.15) is 16.7 Å². The zero-order valence-corrected chi connectivity index (χ0v) is 19.4. The van der Waals surface area contributed by atoms with Gasteiger partial charge < -0.3 is 9.84 Å². The Morgan fingerprint density at radius 3 is 2.36 bits per heavy atom. The van der Waals surface area contributed by atoms with Crippen molar-refractivity contribution in [3.63, 3.8) is 0 Å². The van der Waals surface area contributed by atoms with E-state index >= 15 is 0 Å². The fraction of sp³-hybridized carbons (Fsp3) is 0.0690. The van der Waals surface area contributed by atoms with Crippen molar-refractivity contribution in [2.45, 2.75) is 13.5 Å².